The fourth-order valence-electron chi connectivity index (χ4n) is 7.38. The van der Waals surface area contributed by atoms with Gasteiger partial charge in [-0.15, -0.1) is 0 Å². The number of esters is 2. The summed E-state index contributed by atoms with van der Waals surface area (Å²) in [6, 6.07) is 0. The van der Waals surface area contributed by atoms with Crippen LogP contribution in [0.3, 0.4) is 0 Å². The van der Waals surface area contributed by atoms with Crippen LogP contribution in [0.25, 0.3) is 0 Å². The Bertz CT molecular complexity index is 1580. The maximum absolute atomic E-state index is 12.8. The van der Waals surface area contributed by atoms with Crippen LogP contribution in [0.4, 0.5) is 0 Å². The summed E-state index contributed by atoms with van der Waals surface area (Å²) in [6.07, 6.45) is 72.9. The van der Waals surface area contributed by atoms with Crippen LogP contribution in [0.1, 0.15) is 219 Å². The summed E-state index contributed by atoms with van der Waals surface area (Å²) < 4.78 is 34.5. The molecule has 0 amide bonds. The van der Waals surface area contributed by atoms with Crippen LogP contribution in [-0.4, -0.2) is 74.9 Å². The number of quaternary nitrogens is 1. The SMILES string of the molecule is CC/C=C\C/C=C\C/C=C\C/C=C\C/C=C\C/C=C\CCCCCCCCCCCCC(=O)OC(COC(=O)CCCCCCCC/C=C\C/C=C\C/C=C\CCCCC)COP(=O)(O)OCC[N+](C)(C)C. The number of carbonyl (C=O) groups excluding carboxylic acids is 2. The quantitative estimate of drug-likeness (QED) is 0.0211. The van der Waals surface area contributed by atoms with Crippen molar-refractivity contribution in [3.63, 3.8) is 0 Å². The highest BCUT2D eigenvalue weighted by Crippen LogP contribution is 2.43. The molecule has 0 aromatic rings. The van der Waals surface area contributed by atoms with Crippen molar-refractivity contribution in [2.45, 2.75) is 225 Å². The average Bonchev–Trinajstić information content (AvgIpc) is 3.34. The molecule has 72 heavy (non-hydrogen) atoms. The number of carbonyl (C=O) groups is 2. The van der Waals surface area contributed by atoms with Crippen LogP contribution in [-0.2, 0) is 32.7 Å². The molecule has 0 aliphatic rings. The van der Waals surface area contributed by atoms with Gasteiger partial charge in [-0.2, -0.15) is 0 Å². The van der Waals surface area contributed by atoms with Gasteiger partial charge in [0.25, 0.3) is 0 Å². The number of hydrogen-bond donors (Lipinski definition) is 1. The van der Waals surface area contributed by atoms with Crippen molar-refractivity contribution in [2.24, 2.45) is 0 Å². The van der Waals surface area contributed by atoms with Crippen molar-refractivity contribution in [2.75, 3.05) is 47.5 Å². The van der Waals surface area contributed by atoms with E-state index in [-0.39, 0.29) is 32.0 Å². The van der Waals surface area contributed by atoms with Gasteiger partial charge in [-0.05, 0) is 103 Å². The van der Waals surface area contributed by atoms with Gasteiger partial charge in [-0.25, -0.2) is 4.57 Å². The monoisotopic (exact) mass is 1020 g/mol. The van der Waals surface area contributed by atoms with Crippen molar-refractivity contribution >= 4 is 19.8 Å². The van der Waals surface area contributed by atoms with E-state index in [1.807, 2.05) is 21.1 Å². The molecule has 1 N–H and O–H groups in total. The molecule has 0 fully saturated rings. The van der Waals surface area contributed by atoms with E-state index in [1.165, 1.54) is 77.0 Å². The molecule has 0 aromatic heterocycles. The second kappa shape index (κ2) is 52.5. The highest BCUT2D eigenvalue weighted by molar-refractivity contribution is 7.47. The Morgan fingerprint density at radius 1 is 0.444 bits per heavy atom. The highest BCUT2D eigenvalue weighted by atomic mass is 31.2. The smallest absolute Gasteiger partial charge is 0.462 e. The number of phosphoric acid groups is 1. The zero-order chi connectivity index (χ0) is 52.7. The zero-order valence-corrected chi connectivity index (χ0v) is 47.5. The van der Waals surface area contributed by atoms with E-state index in [0.717, 1.165) is 109 Å². The fourth-order valence-corrected chi connectivity index (χ4v) is 8.12. The molecule has 0 rings (SSSR count). The third-order valence-electron chi connectivity index (χ3n) is 11.8. The molecule has 0 aromatic carbocycles. The Morgan fingerprint density at radius 3 is 1.18 bits per heavy atom. The number of nitrogens with zero attached hydrogens (tertiary/aromatic N) is 1. The molecule has 0 aliphatic carbocycles. The maximum atomic E-state index is 12.8. The first-order valence-electron chi connectivity index (χ1n) is 28.6. The number of ether oxygens (including phenoxy) is 2. The first kappa shape index (κ1) is 68.7. The third-order valence-corrected chi connectivity index (χ3v) is 12.8. The molecule has 0 saturated carbocycles. The molecular weight excluding hydrogens is 918 g/mol. The van der Waals surface area contributed by atoms with Crippen LogP contribution in [0.2, 0.25) is 0 Å². The standard InChI is InChI=1S/C62H106NO8P/c1-6-8-10-12-14-16-18-20-22-24-26-27-28-29-30-31-32-33-34-35-37-39-41-43-45-47-49-51-53-55-62(65)71-60(59-70-72(66,67)69-57-56-63(3,4)5)58-68-61(64)54-52-50-48-46-44-42-40-38-36-25-23-21-19-17-15-13-11-9-7-2/h8,10,14-17,20-23,26-27,29-30,32-33,36,38,60H,6-7,9,11-13,18-19,24-25,28,31,34-35,37,39-59H2,1-5H3/p+1/b10-8-,16-14-,17-15-,22-20-,23-21-,27-26-,30-29-,33-32-,38-36-. The third kappa shape index (κ3) is 56.0. The molecule has 0 aliphatic heterocycles. The Balaban J connectivity index is 4.22. The second-order valence-electron chi connectivity index (χ2n) is 19.9. The van der Waals surface area contributed by atoms with Gasteiger partial charge in [0.1, 0.15) is 19.8 Å². The maximum Gasteiger partial charge on any atom is 0.472 e. The number of allylic oxidation sites excluding steroid dienone is 18. The molecule has 2 atom stereocenters. The molecule has 9 nitrogen and oxygen atoms in total. The molecular formula is C62H107NO8P+. The second-order valence-corrected chi connectivity index (χ2v) is 21.4. The van der Waals surface area contributed by atoms with Crippen molar-refractivity contribution in [3.8, 4) is 0 Å². The Labute approximate surface area is 442 Å². The van der Waals surface area contributed by atoms with Crippen LogP contribution in [0.15, 0.2) is 109 Å². The van der Waals surface area contributed by atoms with E-state index in [1.54, 1.807) is 0 Å². The topological polar surface area (TPSA) is 108 Å². The summed E-state index contributed by atoms with van der Waals surface area (Å²) in [7, 11) is 1.45. The van der Waals surface area contributed by atoms with Gasteiger partial charge in [-0.1, -0.05) is 213 Å². The number of hydrogen-bond acceptors (Lipinski definition) is 7. The Morgan fingerprint density at radius 2 is 0.792 bits per heavy atom. The number of rotatable bonds is 51. The molecule has 0 bridgehead atoms. The lowest BCUT2D eigenvalue weighted by Gasteiger charge is -2.24. The number of likely N-dealkylation sites (N-methyl/N-ethyl adjacent to an activating group) is 1. The van der Waals surface area contributed by atoms with E-state index < -0.39 is 26.5 Å². The van der Waals surface area contributed by atoms with E-state index in [9.17, 15) is 19.0 Å². The fraction of sp³-hybridized carbons (Fsp3) is 0.677. The molecule has 0 heterocycles. The van der Waals surface area contributed by atoms with Crippen LogP contribution in [0.5, 0.6) is 0 Å². The minimum absolute atomic E-state index is 0.0229. The van der Waals surface area contributed by atoms with Gasteiger partial charge in [0, 0.05) is 12.8 Å². The molecule has 0 saturated heterocycles. The molecule has 10 heteroatoms. The van der Waals surface area contributed by atoms with Crippen molar-refractivity contribution in [3.05, 3.63) is 109 Å². The highest BCUT2D eigenvalue weighted by Gasteiger charge is 2.27. The van der Waals surface area contributed by atoms with Gasteiger partial charge in [0.2, 0.25) is 0 Å². The lowest BCUT2D eigenvalue weighted by atomic mass is 10.0. The van der Waals surface area contributed by atoms with Crippen molar-refractivity contribution in [1.29, 1.82) is 0 Å². The van der Waals surface area contributed by atoms with Crippen LogP contribution in [0, 0.1) is 0 Å². The minimum Gasteiger partial charge on any atom is -0.462 e. The summed E-state index contributed by atoms with van der Waals surface area (Å²) in [4.78, 5) is 35.7. The van der Waals surface area contributed by atoms with Crippen LogP contribution >= 0.6 is 7.82 Å². The predicted molar refractivity (Wildman–Crippen MR) is 307 cm³/mol. The first-order valence-corrected chi connectivity index (χ1v) is 30.1. The summed E-state index contributed by atoms with van der Waals surface area (Å²) in [5.74, 6) is -0.822. The van der Waals surface area contributed by atoms with Crippen molar-refractivity contribution < 1.29 is 42.1 Å². The minimum atomic E-state index is -4.40. The largest absolute Gasteiger partial charge is 0.472 e. The molecule has 2 unspecified atom stereocenters. The molecule has 0 radical (unpaired) electrons. The molecule has 412 valence electrons. The summed E-state index contributed by atoms with van der Waals surface area (Å²) in [5, 5.41) is 0. The lowest BCUT2D eigenvalue weighted by molar-refractivity contribution is -0.870. The van der Waals surface area contributed by atoms with E-state index >= 15 is 0 Å². The van der Waals surface area contributed by atoms with E-state index in [2.05, 4.69) is 123 Å². The Kier molecular flexibility index (Phi) is 50.1. The number of unbranched alkanes of at least 4 members (excludes halogenated alkanes) is 19. The summed E-state index contributed by atoms with van der Waals surface area (Å²) in [5.41, 5.74) is 0. The summed E-state index contributed by atoms with van der Waals surface area (Å²) in [6.45, 7) is 4.26. The van der Waals surface area contributed by atoms with Gasteiger partial charge in [-0.3, -0.25) is 18.6 Å². The Hall–Kier alpha value is -3.33. The lowest BCUT2D eigenvalue weighted by Crippen LogP contribution is -2.37. The average molecular weight is 1030 g/mol. The van der Waals surface area contributed by atoms with E-state index in [4.69, 9.17) is 18.5 Å². The van der Waals surface area contributed by atoms with Gasteiger partial charge >= 0.3 is 19.8 Å². The van der Waals surface area contributed by atoms with Crippen molar-refractivity contribution in [1.82, 2.24) is 0 Å². The van der Waals surface area contributed by atoms with E-state index in [0.29, 0.717) is 17.4 Å². The summed E-state index contributed by atoms with van der Waals surface area (Å²) >= 11 is 0. The van der Waals surface area contributed by atoms with Crippen LogP contribution < -0.4 is 0 Å². The molecule has 0 spiro atoms. The van der Waals surface area contributed by atoms with Gasteiger partial charge in [0.05, 0.1) is 27.7 Å². The van der Waals surface area contributed by atoms with Gasteiger partial charge < -0.3 is 18.9 Å². The zero-order valence-electron chi connectivity index (χ0n) is 46.6. The normalized spacial score (nSPS) is 14.1. The first-order chi connectivity index (χ1) is 35.0. The predicted octanol–water partition coefficient (Wildman–Crippen LogP) is 17.8. The van der Waals surface area contributed by atoms with Gasteiger partial charge in [0.15, 0.2) is 6.10 Å². The number of phosphoric ester groups is 1.